The highest BCUT2D eigenvalue weighted by Crippen LogP contribution is 2.32. The summed E-state index contributed by atoms with van der Waals surface area (Å²) < 4.78 is 0. The molecule has 1 fully saturated rings. The van der Waals surface area contributed by atoms with Gasteiger partial charge in [0, 0.05) is 0 Å². The summed E-state index contributed by atoms with van der Waals surface area (Å²) in [5.41, 5.74) is 0. The van der Waals surface area contributed by atoms with Crippen molar-refractivity contribution >= 4 is 0 Å². The zero-order valence-corrected chi connectivity index (χ0v) is 11.6. The smallest absolute Gasteiger partial charge is 0.00178 e. The maximum atomic E-state index is 3.67. The molecule has 0 aliphatic heterocycles. The van der Waals surface area contributed by atoms with Crippen molar-refractivity contribution in [2.45, 2.75) is 65.7 Å². The van der Waals surface area contributed by atoms with Crippen molar-refractivity contribution in [2.75, 3.05) is 13.1 Å². The fraction of sp³-hybridized carbons (Fsp3) is 1.00. The van der Waals surface area contributed by atoms with Gasteiger partial charge in [-0.25, -0.2) is 0 Å². The van der Waals surface area contributed by atoms with Crippen molar-refractivity contribution in [2.24, 2.45) is 17.8 Å². The first kappa shape index (κ1) is 14.0. The second-order valence-corrected chi connectivity index (χ2v) is 6.00. The largest absolute Gasteiger partial charge is 0.316 e. The molecule has 0 aromatic rings. The fourth-order valence-corrected chi connectivity index (χ4v) is 3.04. The van der Waals surface area contributed by atoms with E-state index >= 15 is 0 Å². The molecule has 0 aromatic carbocycles. The molecule has 1 atom stereocenters. The minimum Gasteiger partial charge on any atom is -0.316 e. The van der Waals surface area contributed by atoms with Crippen LogP contribution in [-0.2, 0) is 0 Å². The van der Waals surface area contributed by atoms with Gasteiger partial charge in [-0.1, -0.05) is 59.3 Å². The van der Waals surface area contributed by atoms with Crippen molar-refractivity contribution in [3.8, 4) is 0 Å². The predicted molar refractivity (Wildman–Crippen MR) is 72.7 cm³/mol. The molecule has 1 saturated carbocycles. The number of rotatable bonds is 7. The van der Waals surface area contributed by atoms with Gasteiger partial charge in [-0.2, -0.15) is 0 Å². The van der Waals surface area contributed by atoms with Crippen LogP contribution in [0.1, 0.15) is 65.7 Å². The molecule has 1 heteroatoms. The Kier molecular flexibility index (Phi) is 7.11. The average molecular weight is 225 g/mol. The Labute approximate surface area is 102 Å². The van der Waals surface area contributed by atoms with Crippen molar-refractivity contribution in [1.82, 2.24) is 5.32 Å². The minimum absolute atomic E-state index is 0.786. The molecule has 1 rings (SSSR count). The summed E-state index contributed by atoms with van der Waals surface area (Å²) in [6, 6.07) is 0. The van der Waals surface area contributed by atoms with Crippen LogP contribution in [0.5, 0.6) is 0 Å². The van der Waals surface area contributed by atoms with Gasteiger partial charge in [0.1, 0.15) is 0 Å². The molecule has 0 aromatic heterocycles. The normalized spacial score (nSPS) is 20.2. The number of nitrogens with one attached hydrogen (secondary N) is 1. The van der Waals surface area contributed by atoms with E-state index < -0.39 is 0 Å². The van der Waals surface area contributed by atoms with Crippen LogP contribution in [0.15, 0.2) is 0 Å². The van der Waals surface area contributed by atoms with Gasteiger partial charge in [0.05, 0.1) is 0 Å². The van der Waals surface area contributed by atoms with E-state index in [0.717, 1.165) is 17.8 Å². The zero-order chi connectivity index (χ0) is 11.8. The van der Waals surface area contributed by atoms with Gasteiger partial charge in [-0.05, 0) is 37.3 Å². The fourth-order valence-electron chi connectivity index (χ4n) is 3.04. The Hall–Kier alpha value is -0.0400. The van der Waals surface area contributed by atoms with E-state index in [1.807, 2.05) is 0 Å². The molecule has 96 valence electrons. The van der Waals surface area contributed by atoms with Crippen LogP contribution >= 0.6 is 0 Å². The predicted octanol–water partition coefficient (Wildman–Crippen LogP) is 4.23. The lowest BCUT2D eigenvalue weighted by molar-refractivity contribution is 0.227. The molecular formula is C15H31N. The average Bonchev–Trinajstić information content (AvgIpc) is 2.29. The highest BCUT2D eigenvalue weighted by molar-refractivity contribution is 4.75. The highest BCUT2D eigenvalue weighted by atomic mass is 14.9. The van der Waals surface area contributed by atoms with Crippen LogP contribution in [0.4, 0.5) is 0 Å². The quantitative estimate of drug-likeness (QED) is 0.684. The maximum absolute atomic E-state index is 3.67. The first-order chi connectivity index (χ1) is 7.74. The summed E-state index contributed by atoms with van der Waals surface area (Å²) in [5, 5.41) is 3.67. The van der Waals surface area contributed by atoms with Gasteiger partial charge in [-0.3, -0.25) is 0 Å². The highest BCUT2D eigenvalue weighted by Gasteiger charge is 2.22. The zero-order valence-electron chi connectivity index (χ0n) is 11.6. The molecule has 0 amide bonds. The second-order valence-electron chi connectivity index (χ2n) is 6.00. The van der Waals surface area contributed by atoms with Gasteiger partial charge in [0.25, 0.3) is 0 Å². The van der Waals surface area contributed by atoms with Crippen LogP contribution < -0.4 is 5.32 Å². The van der Waals surface area contributed by atoms with E-state index in [0.29, 0.717) is 0 Å². The lowest BCUT2D eigenvalue weighted by atomic mass is 9.78. The van der Waals surface area contributed by atoms with Crippen LogP contribution in [0.3, 0.4) is 0 Å². The minimum atomic E-state index is 0.786. The Bertz CT molecular complexity index is 159. The first-order valence-electron chi connectivity index (χ1n) is 7.44. The van der Waals surface area contributed by atoms with Crippen molar-refractivity contribution in [3.05, 3.63) is 0 Å². The molecule has 1 unspecified atom stereocenters. The number of hydrogen-bond acceptors (Lipinski definition) is 1. The Morgan fingerprint density at radius 1 is 1.06 bits per heavy atom. The molecule has 1 aliphatic carbocycles. The topological polar surface area (TPSA) is 12.0 Å². The number of hydrogen-bond donors (Lipinski definition) is 1. The van der Waals surface area contributed by atoms with Gasteiger partial charge >= 0.3 is 0 Å². The monoisotopic (exact) mass is 225 g/mol. The summed E-state index contributed by atoms with van der Waals surface area (Å²) in [7, 11) is 0. The van der Waals surface area contributed by atoms with Crippen molar-refractivity contribution in [1.29, 1.82) is 0 Å². The third kappa shape index (κ3) is 5.34. The second kappa shape index (κ2) is 8.11. The molecule has 1 aliphatic rings. The van der Waals surface area contributed by atoms with E-state index in [1.165, 1.54) is 58.0 Å². The lowest BCUT2D eigenvalue weighted by Gasteiger charge is -2.30. The van der Waals surface area contributed by atoms with E-state index in [1.54, 1.807) is 0 Å². The Morgan fingerprint density at radius 3 is 2.31 bits per heavy atom. The van der Waals surface area contributed by atoms with Gasteiger partial charge in [-0.15, -0.1) is 0 Å². The van der Waals surface area contributed by atoms with Gasteiger partial charge in [0.15, 0.2) is 0 Å². The molecular weight excluding hydrogens is 194 g/mol. The van der Waals surface area contributed by atoms with Crippen LogP contribution in [0, 0.1) is 17.8 Å². The van der Waals surface area contributed by atoms with Crippen LogP contribution in [0.2, 0.25) is 0 Å². The molecule has 0 heterocycles. The molecule has 0 bridgehead atoms. The summed E-state index contributed by atoms with van der Waals surface area (Å²) >= 11 is 0. The third-order valence-electron chi connectivity index (χ3n) is 3.94. The molecule has 16 heavy (non-hydrogen) atoms. The van der Waals surface area contributed by atoms with E-state index in [2.05, 4.69) is 26.1 Å². The molecule has 0 radical (unpaired) electrons. The van der Waals surface area contributed by atoms with Gasteiger partial charge in [0.2, 0.25) is 0 Å². The molecule has 1 nitrogen and oxygen atoms in total. The lowest BCUT2D eigenvalue weighted by Crippen LogP contribution is -2.31. The van der Waals surface area contributed by atoms with Gasteiger partial charge < -0.3 is 5.32 Å². The van der Waals surface area contributed by atoms with E-state index in [9.17, 15) is 0 Å². The standard InChI is InChI=1S/C15H31N/c1-4-8-15(12-16-11-13(2)3)14-9-6-5-7-10-14/h13-16H,4-12H2,1-3H3. The van der Waals surface area contributed by atoms with Crippen molar-refractivity contribution < 1.29 is 0 Å². The molecule has 0 saturated heterocycles. The van der Waals surface area contributed by atoms with E-state index in [4.69, 9.17) is 0 Å². The maximum Gasteiger partial charge on any atom is -0.00178 e. The summed E-state index contributed by atoms with van der Waals surface area (Å²) in [6.45, 7) is 9.37. The first-order valence-corrected chi connectivity index (χ1v) is 7.44. The van der Waals surface area contributed by atoms with Crippen LogP contribution in [0.25, 0.3) is 0 Å². The summed E-state index contributed by atoms with van der Waals surface area (Å²) in [4.78, 5) is 0. The van der Waals surface area contributed by atoms with E-state index in [-0.39, 0.29) is 0 Å². The third-order valence-corrected chi connectivity index (χ3v) is 3.94. The van der Waals surface area contributed by atoms with Crippen LogP contribution in [-0.4, -0.2) is 13.1 Å². The SMILES string of the molecule is CCCC(CNCC(C)C)C1CCCCC1. The molecule has 0 spiro atoms. The summed E-state index contributed by atoms with van der Waals surface area (Å²) in [6.07, 6.45) is 10.2. The Morgan fingerprint density at radius 2 is 1.75 bits per heavy atom. The molecule has 1 N–H and O–H groups in total. The Balaban J connectivity index is 2.27. The van der Waals surface area contributed by atoms with Crippen molar-refractivity contribution in [3.63, 3.8) is 0 Å². The summed E-state index contributed by atoms with van der Waals surface area (Å²) in [5.74, 6) is 2.76.